The van der Waals surface area contributed by atoms with E-state index in [1.54, 1.807) is 0 Å². The minimum atomic E-state index is -0.0439. The fourth-order valence-electron chi connectivity index (χ4n) is 4.37. The molecular formula is C21H29N5O2. The van der Waals surface area contributed by atoms with E-state index in [0.717, 1.165) is 17.3 Å². The van der Waals surface area contributed by atoms with Gasteiger partial charge in [0.2, 0.25) is 5.91 Å². The van der Waals surface area contributed by atoms with Crippen LogP contribution in [0.15, 0.2) is 24.3 Å². The van der Waals surface area contributed by atoms with Gasteiger partial charge in [0.25, 0.3) is 5.91 Å². The Morgan fingerprint density at radius 3 is 2.68 bits per heavy atom. The van der Waals surface area contributed by atoms with Crippen LogP contribution in [-0.2, 0) is 4.79 Å². The zero-order chi connectivity index (χ0) is 19.5. The second-order valence-electron chi connectivity index (χ2n) is 8.12. The van der Waals surface area contributed by atoms with Gasteiger partial charge in [0.1, 0.15) is 0 Å². The van der Waals surface area contributed by atoms with Crippen LogP contribution < -0.4 is 5.32 Å². The third-order valence-corrected chi connectivity index (χ3v) is 6.16. The van der Waals surface area contributed by atoms with Gasteiger partial charge in [-0.05, 0) is 24.8 Å². The molecule has 2 aromatic rings. The molecule has 1 aliphatic carbocycles. The van der Waals surface area contributed by atoms with Crippen molar-refractivity contribution in [3.05, 3.63) is 30.0 Å². The number of hydrogen-bond acceptors (Lipinski definition) is 4. The maximum absolute atomic E-state index is 12.8. The van der Waals surface area contributed by atoms with Crippen LogP contribution in [0.25, 0.3) is 10.9 Å². The summed E-state index contributed by atoms with van der Waals surface area (Å²) in [6.07, 6.45) is 4.77. The van der Waals surface area contributed by atoms with Gasteiger partial charge in [0.15, 0.2) is 5.69 Å². The van der Waals surface area contributed by atoms with E-state index in [-0.39, 0.29) is 11.8 Å². The lowest BCUT2D eigenvalue weighted by molar-refractivity contribution is -0.123. The van der Waals surface area contributed by atoms with E-state index in [2.05, 4.69) is 27.3 Å². The molecule has 4 rings (SSSR count). The van der Waals surface area contributed by atoms with Crippen molar-refractivity contribution in [1.29, 1.82) is 0 Å². The summed E-state index contributed by atoms with van der Waals surface area (Å²) in [7, 11) is 0. The van der Waals surface area contributed by atoms with E-state index >= 15 is 0 Å². The van der Waals surface area contributed by atoms with Gasteiger partial charge in [-0.25, -0.2) is 0 Å². The predicted molar refractivity (Wildman–Crippen MR) is 108 cm³/mol. The third kappa shape index (κ3) is 4.04. The lowest BCUT2D eigenvalue weighted by Crippen LogP contribution is -2.52. The van der Waals surface area contributed by atoms with E-state index < -0.39 is 0 Å². The number of H-pyrrole nitrogens is 1. The van der Waals surface area contributed by atoms with Crippen molar-refractivity contribution >= 4 is 22.7 Å². The Kier molecular flexibility index (Phi) is 5.62. The first-order chi connectivity index (χ1) is 13.6. The van der Waals surface area contributed by atoms with Gasteiger partial charge in [-0.15, -0.1) is 0 Å². The number of piperazine rings is 1. The standard InChI is InChI=1S/C21H29N5O2/c1-15-6-2-4-8-17(15)22-19(27)14-25-10-12-26(13-11-25)21(28)20-16-7-3-5-9-18(16)23-24-20/h3,5,7,9,15,17H,2,4,6,8,10-14H2,1H3,(H,22,27)(H,23,24). The quantitative estimate of drug-likeness (QED) is 0.846. The average Bonchev–Trinajstić information content (AvgIpc) is 3.14. The molecule has 28 heavy (non-hydrogen) atoms. The van der Waals surface area contributed by atoms with Crippen molar-refractivity contribution in [2.24, 2.45) is 5.92 Å². The second-order valence-corrected chi connectivity index (χ2v) is 8.12. The summed E-state index contributed by atoms with van der Waals surface area (Å²) >= 11 is 0. The molecule has 2 fully saturated rings. The molecule has 2 N–H and O–H groups in total. The number of nitrogens with zero attached hydrogens (tertiary/aromatic N) is 3. The minimum absolute atomic E-state index is 0.0439. The Morgan fingerprint density at radius 1 is 1.14 bits per heavy atom. The molecule has 1 aromatic carbocycles. The van der Waals surface area contributed by atoms with Gasteiger partial charge in [-0.2, -0.15) is 5.10 Å². The van der Waals surface area contributed by atoms with Gasteiger partial charge >= 0.3 is 0 Å². The molecule has 7 nitrogen and oxygen atoms in total. The topological polar surface area (TPSA) is 81.3 Å². The summed E-state index contributed by atoms with van der Waals surface area (Å²) in [6.45, 7) is 5.30. The molecular weight excluding hydrogens is 354 g/mol. The number of aromatic amines is 1. The number of carbonyl (C=O) groups excluding carboxylic acids is 2. The zero-order valence-electron chi connectivity index (χ0n) is 16.5. The molecule has 2 amide bonds. The Labute approximate surface area is 165 Å². The van der Waals surface area contributed by atoms with Crippen LogP contribution >= 0.6 is 0 Å². The van der Waals surface area contributed by atoms with Gasteiger partial charge in [-0.1, -0.05) is 38.0 Å². The zero-order valence-corrected chi connectivity index (χ0v) is 16.5. The number of benzene rings is 1. The van der Waals surface area contributed by atoms with Crippen LogP contribution in [0.3, 0.4) is 0 Å². The number of fused-ring (bicyclic) bond motifs is 1. The normalized spacial score (nSPS) is 23.7. The number of aromatic nitrogens is 2. The fourth-order valence-corrected chi connectivity index (χ4v) is 4.37. The highest BCUT2D eigenvalue weighted by Gasteiger charge is 2.27. The fraction of sp³-hybridized carbons (Fsp3) is 0.571. The summed E-state index contributed by atoms with van der Waals surface area (Å²) in [5.74, 6) is 0.630. The molecule has 0 spiro atoms. The molecule has 2 aliphatic rings. The first-order valence-corrected chi connectivity index (χ1v) is 10.4. The number of hydrogen-bond donors (Lipinski definition) is 2. The number of rotatable bonds is 4. The molecule has 2 atom stereocenters. The number of amides is 2. The van der Waals surface area contributed by atoms with Crippen molar-refractivity contribution in [3.63, 3.8) is 0 Å². The summed E-state index contributed by atoms with van der Waals surface area (Å²) in [5.41, 5.74) is 1.35. The molecule has 1 aliphatic heterocycles. The minimum Gasteiger partial charge on any atom is -0.352 e. The Bertz CT molecular complexity index is 840. The molecule has 0 bridgehead atoms. The van der Waals surface area contributed by atoms with E-state index in [0.29, 0.717) is 50.4 Å². The molecule has 7 heteroatoms. The summed E-state index contributed by atoms with van der Waals surface area (Å²) in [4.78, 5) is 29.2. The van der Waals surface area contributed by atoms with Crippen molar-refractivity contribution in [2.75, 3.05) is 32.7 Å². The Hall–Kier alpha value is -2.41. The SMILES string of the molecule is CC1CCCCC1NC(=O)CN1CCN(C(=O)c2n[nH]c3ccccc23)CC1. The van der Waals surface area contributed by atoms with Crippen LogP contribution in [-0.4, -0.2) is 70.6 Å². The second kappa shape index (κ2) is 8.31. The van der Waals surface area contributed by atoms with E-state index in [4.69, 9.17) is 0 Å². The van der Waals surface area contributed by atoms with Gasteiger partial charge in [0.05, 0.1) is 12.1 Å². The maximum atomic E-state index is 12.8. The highest BCUT2D eigenvalue weighted by Crippen LogP contribution is 2.23. The van der Waals surface area contributed by atoms with Crippen molar-refractivity contribution in [1.82, 2.24) is 25.3 Å². The van der Waals surface area contributed by atoms with E-state index in [1.807, 2.05) is 29.2 Å². The largest absolute Gasteiger partial charge is 0.352 e. The molecule has 2 heterocycles. The molecule has 1 aromatic heterocycles. The lowest BCUT2D eigenvalue weighted by atomic mass is 9.86. The smallest absolute Gasteiger partial charge is 0.275 e. The van der Waals surface area contributed by atoms with Crippen LogP contribution in [0, 0.1) is 5.92 Å². The van der Waals surface area contributed by atoms with Gasteiger partial charge in [0, 0.05) is 37.6 Å². The predicted octanol–water partition coefficient (Wildman–Crippen LogP) is 2.02. The summed E-state index contributed by atoms with van der Waals surface area (Å²) in [6, 6.07) is 7.99. The molecule has 2 unspecified atom stereocenters. The monoisotopic (exact) mass is 383 g/mol. The Morgan fingerprint density at radius 2 is 1.89 bits per heavy atom. The van der Waals surface area contributed by atoms with Gasteiger partial charge in [-0.3, -0.25) is 19.6 Å². The average molecular weight is 383 g/mol. The number of carbonyl (C=O) groups is 2. The lowest BCUT2D eigenvalue weighted by Gasteiger charge is -2.35. The van der Waals surface area contributed by atoms with Crippen LogP contribution in [0.4, 0.5) is 0 Å². The highest BCUT2D eigenvalue weighted by molar-refractivity contribution is 6.04. The molecule has 1 saturated heterocycles. The Balaban J connectivity index is 1.28. The van der Waals surface area contributed by atoms with Crippen LogP contribution in [0.1, 0.15) is 43.1 Å². The van der Waals surface area contributed by atoms with Crippen molar-refractivity contribution in [3.8, 4) is 0 Å². The van der Waals surface area contributed by atoms with E-state index in [9.17, 15) is 9.59 Å². The van der Waals surface area contributed by atoms with Crippen molar-refractivity contribution in [2.45, 2.75) is 38.6 Å². The highest BCUT2D eigenvalue weighted by atomic mass is 16.2. The molecule has 150 valence electrons. The van der Waals surface area contributed by atoms with Crippen LogP contribution in [0.5, 0.6) is 0 Å². The third-order valence-electron chi connectivity index (χ3n) is 6.16. The van der Waals surface area contributed by atoms with E-state index in [1.165, 1.54) is 19.3 Å². The number of nitrogens with one attached hydrogen (secondary N) is 2. The summed E-state index contributed by atoms with van der Waals surface area (Å²) < 4.78 is 0. The van der Waals surface area contributed by atoms with Gasteiger partial charge < -0.3 is 10.2 Å². The molecule has 1 saturated carbocycles. The number of para-hydroxylation sites is 1. The van der Waals surface area contributed by atoms with Crippen molar-refractivity contribution < 1.29 is 9.59 Å². The maximum Gasteiger partial charge on any atom is 0.275 e. The first-order valence-electron chi connectivity index (χ1n) is 10.4. The molecule has 0 radical (unpaired) electrons. The summed E-state index contributed by atoms with van der Waals surface area (Å²) in [5, 5.41) is 11.2. The first kappa shape index (κ1) is 18.9. The van der Waals surface area contributed by atoms with Crippen LogP contribution in [0.2, 0.25) is 0 Å².